The summed E-state index contributed by atoms with van der Waals surface area (Å²) in [5.74, 6) is -2.86. The van der Waals surface area contributed by atoms with Crippen LogP contribution in [0.2, 0.25) is 0 Å². The Morgan fingerprint density at radius 2 is 1.53 bits per heavy atom. The van der Waals surface area contributed by atoms with Crippen molar-refractivity contribution in [1.82, 2.24) is 36.1 Å². The van der Waals surface area contributed by atoms with Gasteiger partial charge in [0.05, 0.1) is 80.9 Å². The highest BCUT2D eigenvalue weighted by Gasteiger charge is 2.45. The van der Waals surface area contributed by atoms with E-state index in [2.05, 4.69) is 31.2 Å². The molecule has 5 N–H and O–H groups in total. The molecule has 0 unspecified atom stereocenters. The number of allylic oxidation sites excluding steroid dienone is 1. The van der Waals surface area contributed by atoms with Crippen molar-refractivity contribution in [2.24, 2.45) is 17.3 Å². The third-order valence-electron chi connectivity index (χ3n) is 13.2. The molecule has 1 saturated heterocycles. The molecule has 0 spiro atoms. The molecular formula is C55H70F3N7O10S. The number of alkyl halides is 3. The van der Waals surface area contributed by atoms with Crippen LogP contribution in [0.25, 0.3) is 16.5 Å². The zero-order valence-corrected chi connectivity index (χ0v) is 44.5. The topological polar surface area (TPSA) is 220 Å². The summed E-state index contributed by atoms with van der Waals surface area (Å²) in [5, 5.41) is 21.9. The lowest BCUT2D eigenvalue weighted by Gasteiger charge is -2.35. The summed E-state index contributed by atoms with van der Waals surface area (Å²) in [6.45, 7) is 8.69. The second-order valence-electron chi connectivity index (χ2n) is 20.1. The van der Waals surface area contributed by atoms with Gasteiger partial charge in [-0.25, -0.2) is 9.97 Å². The Bertz CT molecular complexity index is 2600. The number of carbonyl (C=O) groups excluding carboxylic acids is 5. The monoisotopic (exact) mass is 1080 g/mol. The quantitative estimate of drug-likeness (QED) is 0.0459. The van der Waals surface area contributed by atoms with Crippen LogP contribution in [0.3, 0.4) is 0 Å². The first kappa shape index (κ1) is 59.0. The Labute approximate surface area is 445 Å². The number of amides is 5. The van der Waals surface area contributed by atoms with Gasteiger partial charge >= 0.3 is 6.18 Å². The van der Waals surface area contributed by atoms with Crippen molar-refractivity contribution in [2.45, 2.75) is 104 Å². The van der Waals surface area contributed by atoms with Gasteiger partial charge in [0.1, 0.15) is 30.1 Å². The largest absolute Gasteiger partial charge is 0.495 e. The first-order chi connectivity index (χ1) is 36.3. The van der Waals surface area contributed by atoms with Crippen LogP contribution in [-0.2, 0) is 52.9 Å². The Hall–Kier alpha value is -6.26. The van der Waals surface area contributed by atoms with E-state index in [1.807, 2.05) is 55.5 Å². The van der Waals surface area contributed by atoms with Crippen LogP contribution in [0.5, 0.6) is 5.75 Å². The zero-order chi connectivity index (χ0) is 54.8. The Morgan fingerprint density at radius 1 is 0.842 bits per heavy atom. The summed E-state index contributed by atoms with van der Waals surface area (Å²) >= 11 is 1.56. The fraction of sp³-hybridized carbons (Fsp3) is 0.509. The third kappa shape index (κ3) is 17.9. The molecular weight excluding hydrogens is 1010 g/mol. The van der Waals surface area contributed by atoms with Crippen molar-refractivity contribution in [3.63, 3.8) is 0 Å². The number of pyridine rings is 1. The number of nitrogens with zero attached hydrogens (tertiary/aromatic N) is 3. The molecule has 21 heteroatoms. The molecule has 6 rings (SSSR count). The molecule has 2 aliphatic rings. The number of hydrogen-bond donors (Lipinski definition) is 5. The first-order valence-electron chi connectivity index (χ1n) is 25.5. The normalized spacial score (nSPS) is 18.3. The molecule has 0 bridgehead atoms. The number of ether oxygens (including phenoxy) is 4. The molecule has 4 aromatic rings. The van der Waals surface area contributed by atoms with Gasteiger partial charge in [0.15, 0.2) is 0 Å². The molecule has 17 nitrogen and oxygen atoms in total. The fourth-order valence-corrected chi connectivity index (χ4v) is 9.79. The summed E-state index contributed by atoms with van der Waals surface area (Å²) < 4.78 is 61.3. The predicted molar refractivity (Wildman–Crippen MR) is 280 cm³/mol. The number of hydrogen-bond acceptors (Lipinski definition) is 13. The maximum Gasteiger partial charge on any atom is 0.391 e. The highest BCUT2D eigenvalue weighted by Crippen LogP contribution is 2.40. The number of benzene rings is 2. The number of aryl methyl sites for hydroxylation is 1. The van der Waals surface area contributed by atoms with E-state index in [0.717, 1.165) is 32.8 Å². The minimum Gasteiger partial charge on any atom is -0.495 e. The second-order valence-corrected chi connectivity index (χ2v) is 20.9. The van der Waals surface area contributed by atoms with E-state index in [9.17, 15) is 42.3 Å². The molecule has 2 fully saturated rings. The van der Waals surface area contributed by atoms with Crippen LogP contribution in [0.15, 0.2) is 72.4 Å². The number of carbonyl (C=O) groups is 5. The molecule has 76 heavy (non-hydrogen) atoms. The lowest BCUT2D eigenvalue weighted by atomic mass is 9.81. The van der Waals surface area contributed by atoms with Crippen LogP contribution in [-0.4, -0.2) is 134 Å². The van der Waals surface area contributed by atoms with Crippen LogP contribution in [0.1, 0.15) is 91.3 Å². The van der Waals surface area contributed by atoms with Gasteiger partial charge in [-0.2, -0.15) is 13.2 Å². The van der Waals surface area contributed by atoms with Gasteiger partial charge in [-0.3, -0.25) is 24.0 Å². The number of likely N-dealkylation sites (tertiary alicyclic amines) is 1. The van der Waals surface area contributed by atoms with Crippen LogP contribution in [0, 0.1) is 24.2 Å². The van der Waals surface area contributed by atoms with Gasteiger partial charge in [-0.1, -0.05) is 81.5 Å². The maximum absolute atomic E-state index is 13.9. The number of β-amino-alcohol motifs (C(OH)–C–C–N with tert-alkyl or cyclic N) is 1. The molecule has 1 aliphatic carbocycles. The highest BCUT2D eigenvalue weighted by molar-refractivity contribution is 7.13. The summed E-state index contributed by atoms with van der Waals surface area (Å²) in [5.41, 5.74) is 6.18. The molecule has 1 saturated carbocycles. The van der Waals surface area contributed by atoms with E-state index < -0.39 is 59.3 Å². The van der Waals surface area contributed by atoms with E-state index >= 15 is 0 Å². The SMILES string of the molecule is COc1cnc(C(=O)NCc2cccc(CC(=O)NCCOCCOCCOCC(=O)N[C@H](C(=O)N3C[C@H](O)C[C@H]3C(=O)NCc3ccc(-c4scnc4C)cc3)C(C)(C)C)c2)cc1/C=C/C1CCC(C(F)(F)F)CC1. The average molecular weight is 1080 g/mol. The minimum atomic E-state index is -4.17. The van der Waals surface area contributed by atoms with Crippen LogP contribution >= 0.6 is 11.3 Å². The number of thiazole rings is 1. The third-order valence-corrected chi connectivity index (χ3v) is 14.2. The summed E-state index contributed by atoms with van der Waals surface area (Å²) in [6, 6.07) is 14.7. The summed E-state index contributed by atoms with van der Waals surface area (Å²) in [4.78, 5) is 77.1. The molecule has 5 amide bonds. The van der Waals surface area contributed by atoms with E-state index in [-0.39, 0.29) is 109 Å². The number of nitrogens with one attached hydrogen (secondary N) is 4. The van der Waals surface area contributed by atoms with Crippen molar-refractivity contribution in [3.8, 4) is 16.2 Å². The number of aliphatic hydroxyl groups is 1. The number of rotatable bonds is 25. The molecule has 2 aromatic carbocycles. The highest BCUT2D eigenvalue weighted by atomic mass is 32.1. The van der Waals surface area contributed by atoms with Gasteiger partial charge in [0.2, 0.25) is 23.6 Å². The van der Waals surface area contributed by atoms with Gasteiger partial charge in [-0.05, 0) is 72.3 Å². The Balaban J connectivity index is 0.818. The predicted octanol–water partition coefficient (Wildman–Crippen LogP) is 6.35. The van der Waals surface area contributed by atoms with E-state index in [1.54, 1.807) is 55.8 Å². The van der Waals surface area contributed by atoms with Crippen molar-refractivity contribution >= 4 is 46.9 Å². The van der Waals surface area contributed by atoms with E-state index in [0.29, 0.717) is 24.2 Å². The number of aliphatic hydroxyl groups excluding tert-OH is 1. The van der Waals surface area contributed by atoms with Gasteiger partial charge in [0, 0.05) is 38.2 Å². The molecule has 3 heterocycles. The summed E-state index contributed by atoms with van der Waals surface area (Å²) in [7, 11) is 1.48. The van der Waals surface area contributed by atoms with Crippen molar-refractivity contribution < 1.29 is 61.2 Å². The molecule has 1 aliphatic heterocycles. The molecule has 0 radical (unpaired) electrons. The molecule has 412 valence electrons. The zero-order valence-electron chi connectivity index (χ0n) is 43.7. The number of methoxy groups -OCH3 is 1. The fourth-order valence-electron chi connectivity index (χ4n) is 8.98. The average Bonchev–Trinajstić information content (AvgIpc) is 4.02. The van der Waals surface area contributed by atoms with Crippen molar-refractivity contribution in [2.75, 3.05) is 59.8 Å². The van der Waals surface area contributed by atoms with Crippen LogP contribution in [0.4, 0.5) is 13.2 Å². The number of halogens is 3. The smallest absolute Gasteiger partial charge is 0.391 e. The van der Waals surface area contributed by atoms with Crippen molar-refractivity contribution in [3.05, 3.63) is 106 Å². The Kier molecular flexibility index (Phi) is 21.9. The second kappa shape index (κ2) is 28.2. The lowest BCUT2D eigenvalue weighted by Crippen LogP contribution is -2.58. The molecule has 2 aromatic heterocycles. The van der Waals surface area contributed by atoms with Crippen molar-refractivity contribution in [1.29, 1.82) is 0 Å². The van der Waals surface area contributed by atoms with Crippen LogP contribution < -0.4 is 26.0 Å². The first-order valence-corrected chi connectivity index (χ1v) is 26.4. The number of aromatic nitrogens is 2. The minimum absolute atomic E-state index is 0.00456. The van der Waals surface area contributed by atoms with Gasteiger partial charge in [-0.15, -0.1) is 11.3 Å². The van der Waals surface area contributed by atoms with E-state index in [4.69, 9.17) is 18.9 Å². The van der Waals surface area contributed by atoms with Gasteiger partial charge < -0.3 is 50.2 Å². The van der Waals surface area contributed by atoms with E-state index in [1.165, 1.54) is 18.2 Å². The molecule has 3 atom stereocenters. The standard InChI is InChI=1S/C55H70F3N7O10S/c1-35-49(76-34-63-35)40-14-10-37(11-15-40)29-62-52(70)45-28-43(66)32-65(45)53(71)50(54(2,3)4)64-48(68)33-75-24-23-74-22-21-73-20-19-59-47(67)26-38-7-6-8-39(25-38)30-61-51(69)44-27-41(46(72-5)31-60-44)16-9-36-12-17-42(18-13-36)55(56,57)58/h6-11,14-16,25,27,31,34,36,42-43,45,50,66H,12-13,17-24,26,28-30,32-33H2,1-5H3,(H,59,67)(H,61,69)(H,62,70)(H,64,68)/b16-9+/t36?,42?,43-,45+,50-/m1/s1. The van der Waals surface area contributed by atoms with Gasteiger partial charge in [0.25, 0.3) is 5.91 Å². The maximum atomic E-state index is 13.9. The summed E-state index contributed by atoms with van der Waals surface area (Å²) in [6.07, 6.45) is 1.24. The Morgan fingerprint density at radius 3 is 2.20 bits per heavy atom. The lowest BCUT2D eigenvalue weighted by molar-refractivity contribution is -0.183.